The number of hydrogen-bond acceptors (Lipinski definition) is 5. The van der Waals surface area contributed by atoms with Crippen LogP contribution in [0.4, 0.5) is 10.8 Å². The number of hydrogen-bond donors (Lipinski definition) is 2. The summed E-state index contributed by atoms with van der Waals surface area (Å²) in [6, 6.07) is 7.48. The molecule has 0 aliphatic heterocycles. The molecule has 0 radical (unpaired) electrons. The van der Waals surface area contributed by atoms with Gasteiger partial charge in [0.1, 0.15) is 0 Å². The van der Waals surface area contributed by atoms with Crippen molar-refractivity contribution < 1.29 is 9.53 Å². The lowest BCUT2D eigenvalue weighted by molar-refractivity contribution is -0.116. The minimum Gasteiger partial charge on any atom is -0.399 e. The van der Waals surface area contributed by atoms with E-state index in [0.29, 0.717) is 24.6 Å². The number of nitrogens with one attached hydrogen (secondary N) is 1. The lowest BCUT2D eigenvalue weighted by Crippen LogP contribution is -2.11. The smallest absolute Gasteiger partial charge is 0.226 e. The molecular formula is C14H17N3O2S. The van der Waals surface area contributed by atoms with Crippen molar-refractivity contribution in [1.29, 1.82) is 0 Å². The van der Waals surface area contributed by atoms with E-state index >= 15 is 0 Å². The number of nitrogens with two attached hydrogens (primary N) is 1. The summed E-state index contributed by atoms with van der Waals surface area (Å²) in [4.78, 5) is 16.1. The summed E-state index contributed by atoms with van der Waals surface area (Å²) in [5.74, 6) is -0.0414. The highest BCUT2D eigenvalue weighted by Gasteiger charge is 2.07. The first-order valence-corrected chi connectivity index (χ1v) is 7.17. The molecule has 0 aliphatic carbocycles. The summed E-state index contributed by atoms with van der Waals surface area (Å²) in [6.45, 7) is 0.585. The van der Waals surface area contributed by atoms with E-state index in [-0.39, 0.29) is 5.91 Å². The first-order valence-electron chi connectivity index (χ1n) is 6.29. The third-order valence-electron chi connectivity index (χ3n) is 2.71. The van der Waals surface area contributed by atoms with Gasteiger partial charge in [0.15, 0.2) is 5.13 Å². The standard InChI is InChI=1S/C14H17N3O2S/c1-19-8-2-3-13(18)17-14-16-12(9-20-14)10-4-6-11(15)7-5-10/h4-7,9H,2-3,8,15H2,1H3,(H,16,17,18). The number of carbonyl (C=O) groups is 1. The van der Waals surface area contributed by atoms with Crippen molar-refractivity contribution in [2.75, 3.05) is 24.8 Å². The van der Waals surface area contributed by atoms with E-state index in [1.165, 1.54) is 11.3 Å². The summed E-state index contributed by atoms with van der Waals surface area (Å²) < 4.78 is 4.91. The molecule has 20 heavy (non-hydrogen) atoms. The summed E-state index contributed by atoms with van der Waals surface area (Å²) >= 11 is 1.41. The van der Waals surface area contributed by atoms with Crippen LogP contribution < -0.4 is 11.1 Å². The van der Waals surface area contributed by atoms with Gasteiger partial charge < -0.3 is 15.8 Å². The van der Waals surface area contributed by atoms with Crippen LogP contribution in [0.1, 0.15) is 12.8 Å². The molecule has 1 amide bonds. The normalized spacial score (nSPS) is 10.4. The summed E-state index contributed by atoms with van der Waals surface area (Å²) in [6.07, 6.45) is 1.14. The molecule has 0 bridgehead atoms. The Morgan fingerprint density at radius 2 is 2.15 bits per heavy atom. The molecule has 5 nitrogen and oxygen atoms in total. The van der Waals surface area contributed by atoms with Gasteiger partial charge in [-0.15, -0.1) is 11.3 Å². The van der Waals surface area contributed by atoms with E-state index in [4.69, 9.17) is 10.5 Å². The Bertz CT molecular complexity index is 566. The Balaban J connectivity index is 1.95. The Kier molecular flexibility index (Phi) is 5.09. The van der Waals surface area contributed by atoms with Crippen molar-refractivity contribution in [3.63, 3.8) is 0 Å². The molecule has 2 aromatic rings. The highest BCUT2D eigenvalue weighted by molar-refractivity contribution is 7.14. The highest BCUT2D eigenvalue weighted by Crippen LogP contribution is 2.25. The summed E-state index contributed by atoms with van der Waals surface area (Å²) in [5.41, 5.74) is 8.18. The van der Waals surface area contributed by atoms with E-state index in [1.54, 1.807) is 7.11 Å². The van der Waals surface area contributed by atoms with Gasteiger partial charge in [-0.25, -0.2) is 4.98 Å². The van der Waals surface area contributed by atoms with Gasteiger partial charge in [0.05, 0.1) is 5.69 Å². The van der Waals surface area contributed by atoms with Crippen LogP contribution in [0.5, 0.6) is 0 Å². The molecule has 1 heterocycles. The second-order valence-corrected chi connectivity index (χ2v) is 5.16. The predicted octanol–water partition coefficient (Wildman–Crippen LogP) is 2.76. The van der Waals surface area contributed by atoms with Gasteiger partial charge in [0.2, 0.25) is 5.91 Å². The molecule has 0 saturated heterocycles. The Hall–Kier alpha value is -1.92. The van der Waals surface area contributed by atoms with Crippen LogP contribution in [0, 0.1) is 0 Å². The number of amides is 1. The summed E-state index contributed by atoms with van der Waals surface area (Å²) in [5, 5.41) is 5.31. The van der Waals surface area contributed by atoms with Crippen LogP contribution in [0.3, 0.4) is 0 Å². The molecule has 0 unspecified atom stereocenters. The number of anilines is 2. The first-order chi connectivity index (χ1) is 9.69. The van der Waals surface area contributed by atoms with Gasteiger partial charge in [0.25, 0.3) is 0 Å². The highest BCUT2D eigenvalue weighted by atomic mass is 32.1. The van der Waals surface area contributed by atoms with Gasteiger partial charge in [-0.1, -0.05) is 12.1 Å². The number of nitrogens with zero attached hydrogens (tertiary/aromatic N) is 1. The lowest BCUT2D eigenvalue weighted by atomic mass is 10.1. The fourth-order valence-electron chi connectivity index (χ4n) is 1.68. The van der Waals surface area contributed by atoms with Crippen LogP contribution in [0.15, 0.2) is 29.6 Å². The number of ether oxygens (including phenoxy) is 1. The zero-order valence-electron chi connectivity index (χ0n) is 11.3. The molecule has 0 aliphatic rings. The second kappa shape index (κ2) is 7.02. The molecule has 0 atom stereocenters. The SMILES string of the molecule is COCCCC(=O)Nc1nc(-c2ccc(N)cc2)cs1. The second-order valence-electron chi connectivity index (χ2n) is 4.30. The molecule has 0 saturated carbocycles. The number of methoxy groups -OCH3 is 1. The molecule has 0 spiro atoms. The van der Waals surface area contributed by atoms with E-state index in [2.05, 4.69) is 10.3 Å². The predicted molar refractivity (Wildman–Crippen MR) is 81.7 cm³/mol. The van der Waals surface area contributed by atoms with Crippen molar-refractivity contribution in [2.45, 2.75) is 12.8 Å². The third kappa shape index (κ3) is 4.04. The van der Waals surface area contributed by atoms with E-state index in [9.17, 15) is 4.79 Å². The van der Waals surface area contributed by atoms with Crippen LogP contribution in [-0.4, -0.2) is 24.6 Å². The number of aromatic nitrogens is 1. The van der Waals surface area contributed by atoms with Gasteiger partial charge in [-0.3, -0.25) is 4.79 Å². The topological polar surface area (TPSA) is 77.2 Å². The van der Waals surface area contributed by atoms with Crippen molar-refractivity contribution in [3.05, 3.63) is 29.6 Å². The fourth-order valence-corrected chi connectivity index (χ4v) is 2.41. The molecule has 6 heteroatoms. The van der Waals surface area contributed by atoms with Crippen LogP contribution >= 0.6 is 11.3 Å². The number of carbonyl (C=O) groups excluding carboxylic acids is 1. The maximum atomic E-state index is 11.7. The number of rotatable bonds is 6. The Morgan fingerprint density at radius 1 is 1.40 bits per heavy atom. The zero-order chi connectivity index (χ0) is 14.4. The van der Waals surface area contributed by atoms with Crippen molar-refractivity contribution in [1.82, 2.24) is 4.98 Å². The monoisotopic (exact) mass is 291 g/mol. The molecule has 3 N–H and O–H groups in total. The van der Waals surface area contributed by atoms with Gasteiger partial charge >= 0.3 is 0 Å². The molecule has 1 aromatic heterocycles. The molecule has 2 rings (SSSR count). The average Bonchev–Trinajstić information content (AvgIpc) is 2.88. The Labute approximate surface area is 121 Å². The molecule has 0 fully saturated rings. The first kappa shape index (κ1) is 14.5. The van der Waals surface area contributed by atoms with Crippen molar-refractivity contribution in [3.8, 4) is 11.3 Å². The van der Waals surface area contributed by atoms with Crippen LogP contribution in [-0.2, 0) is 9.53 Å². The van der Waals surface area contributed by atoms with E-state index < -0.39 is 0 Å². The maximum absolute atomic E-state index is 11.7. The van der Waals surface area contributed by atoms with Crippen LogP contribution in [0.2, 0.25) is 0 Å². The maximum Gasteiger partial charge on any atom is 0.226 e. The number of thiazole rings is 1. The average molecular weight is 291 g/mol. The summed E-state index contributed by atoms with van der Waals surface area (Å²) in [7, 11) is 1.62. The van der Waals surface area contributed by atoms with Crippen molar-refractivity contribution in [2.24, 2.45) is 0 Å². The zero-order valence-corrected chi connectivity index (χ0v) is 12.1. The van der Waals surface area contributed by atoms with Gasteiger partial charge in [-0.05, 0) is 18.6 Å². The molecule has 1 aromatic carbocycles. The van der Waals surface area contributed by atoms with E-state index in [0.717, 1.165) is 16.9 Å². The third-order valence-corrected chi connectivity index (χ3v) is 3.47. The molecular weight excluding hydrogens is 274 g/mol. The minimum atomic E-state index is -0.0414. The van der Waals surface area contributed by atoms with E-state index in [1.807, 2.05) is 29.6 Å². The van der Waals surface area contributed by atoms with Crippen molar-refractivity contribution >= 4 is 28.1 Å². The fraction of sp³-hybridized carbons (Fsp3) is 0.286. The quantitative estimate of drug-likeness (QED) is 0.633. The Morgan fingerprint density at radius 3 is 2.85 bits per heavy atom. The number of benzene rings is 1. The largest absolute Gasteiger partial charge is 0.399 e. The van der Waals surface area contributed by atoms with Gasteiger partial charge in [-0.2, -0.15) is 0 Å². The lowest BCUT2D eigenvalue weighted by Gasteiger charge is -2.01. The molecule has 106 valence electrons. The minimum absolute atomic E-state index is 0.0414. The van der Waals surface area contributed by atoms with Crippen LogP contribution in [0.25, 0.3) is 11.3 Å². The number of nitrogen functional groups attached to an aromatic ring is 1. The van der Waals surface area contributed by atoms with Gasteiger partial charge in [0, 0.05) is 36.8 Å².